The van der Waals surface area contributed by atoms with Gasteiger partial charge in [-0.3, -0.25) is 9.69 Å². The van der Waals surface area contributed by atoms with Crippen molar-refractivity contribution in [3.8, 4) is 0 Å². The monoisotopic (exact) mass is 367 g/mol. The van der Waals surface area contributed by atoms with E-state index in [9.17, 15) is 4.79 Å². The van der Waals surface area contributed by atoms with Crippen molar-refractivity contribution in [2.24, 2.45) is 5.92 Å². The highest BCUT2D eigenvalue weighted by Gasteiger charge is 2.23. The van der Waals surface area contributed by atoms with Crippen LogP contribution in [0.3, 0.4) is 0 Å². The number of nitrogens with zero attached hydrogens (tertiary/aromatic N) is 3. The van der Waals surface area contributed by atoms with E-state index in [0.29, 0.717) is 23.9 Å². The Morgan fingerprint density at radius 3 is 2.63 bits per heavy atom. The highest BCUT2D eigenvalue weighted by molar-refractivity contribution is 5.92. The van der Waals surface area contributed by atoms with Crippen LogP contribution in [0, 0.1) is 12.8 Å². The minimum atomic E-state index is -0.0327. The van der Waals surface area contributed by atoms with Crippen LogP contribution in [0.5, 0.6) is 0 Å². The van der Waals surface area contributed by atoms with Gasteiger partial charge in [-0.2, -0.15) is 0 Å². The number of carbonyl (C=O) groups is 1. The van der Waals surface area contributed by atoms with Crippen LogP contribution < -0.4 is 0 Å². The van der Waals surface area contributed by atoms with Gasteiger partial charge in [0.25, 0.3) is 5.91 Å². The van der Waals surface area contributed by atoms with Gasteiger partial charge in [0.15, 0.2) is 5.69 Å². The van der Waals surface area contributed by atoms with Crippen LogP contribution in [0.15, 0.2) is 47.0 Å². The molecule has 0 N–H and O–H groups in total. The van der Waals surface area contributed by atoms with Gasteiger partial charge < -0.3 is 9.42 Å². The van der Waals surface area contributed by atoms with Crippen LogP contribution in [0.1, 0.15) is 42.1 Å². The van der Waals surface area contributed by atoms with Crippen molar-refractivity contribution in [2.45, 2.75) is 27.2 Å². The number of hydrogen-bond donors (Lipinski definition) is 0. The quantitative estimate of drug-likeness (QED) is 0.805. The summed E-state index contributed by atoms with van der Waals surface area (Å²) in [7, 11) is 0. The average molecular weight is 367 g/mol. The molecule has 5 heteroatoms. The van der Waals surface area contributed by atoms with Gasteiger partial charge in [0.2, 0.25) is 0 Å². The van der Waals surface area contributed by atoms with E-state index >= 15 is 0 Å². The van der Waals surface area contributed by atoms with Crippen molar-refractivity contribution in [3.05, 3.63) is 59.5 Å². The van der Waals surface area contributed by atoms with Crippen molar-refractivity contribution in [2.75, 3.05) is 32.7 Å². The lowest BCUT2D eigenvalue weighted by molar-refractivity contribution is 0.0752. The summed E-state index contributed by atoms with van der Waals surface area (Å²) in [5.74, 6) is 1.14. The molecule has 1 aromatic heterocycles. The number of carbonyl (C=O) groups excluding carboxylic acids is 1. The van der Waals surface area contributed by atoms with E-state index < -0.39 is 0 Å². The fourth-order valence-electron chi connectivity index (χ4n) is 3.50. The zero-order valence-corrected chi connectivity index (χ0v) is 16.5. The second-order valence-corrected chi connectivity index (χ2v) is 7.55. The van der Waals surface area contributed by atoms with Crippen LogP contribution in [0.4, 0.5) is 0 Å². The van der Waals surface area contributed by atoms with Crippen LogP contribution in [-0.4, -0.2) is 53.6 Å². The Morgan fingerprint density at radius 2 is 1.96 bits per heavy atom. The lowest BCUT2D eigenvalue weighted by Gasteiger charge is -2.23. The van der Waals surface area contributed by atoms with E-state index in [1.165, 1.54) is 11.1 Å². The fraction of sp³-hybridized carbons (Fsp3) is 0.455. The number of benzene rings is 1. The smallest absolute Gasteiger partial charge is 0.276 e. The van der Waals surface area contributed by atoms with E-state index in [-0.39, 0.29) is 5.91 Å². The Bertz CT molecular complexity index is 780. The molecule has 1 amide bonds. The normalized spacial score (nSPS) is 16.6. The molecule has 5 nitrogen and oxygen atoms in total. The Labute approximate surface area is 161 Å². The predicted octanol–water partition coefficient (Wildman–Crippen LogP) is 3.87. The third-order valence-electron chi connectivity index (χ3n) is 4.80. The van der Waals surface area contributed by atoms with Crippen LogP contribution in [0.2, 0.25) is 0 Å². The molecule has 0 spiro atoms. The number of rotatable bonds is 5. The van der Waals surface area contributed by atoms with E-state index in [2.05, 4.69) is 60.3 Å². The molecule has 0 saturated carbocycles. The minimum absolute atomic E-state index is 0.0327. The maximum Gasteiger partial charge on any atom is 0.276 e. The number of aromatic nitrogens is 1. The Kier molecular flexibility index (Phi) is 6.45. The first-order chi connectivity index (χ1) is 13.0. The maximum atomic E-state index is 12.6. The largest absolute Gasteiger partial charge is 0.361 e. The summed E-state index contributed by atoms with van der Waals surface area (Å²) in [6.45, 7) is 10.5. The molecule has 1 aromatic carbocycles. The predicted molar refractivity (Wildman–Crippen MR) is 107 cm³/mol. The molecular weight excluding hydrogens is 338 g/mol. The van der Waals surface area contributed by atoms with E-state index in [1.54, 1.807) is 13.0 Å². The molecule has 0 unspecified atom stereocenters. The highest BCUT2D eigenvalue weighted by atomic mass is 16.5. The van der Waals surface area contributed by atoms with Crippen molar-refractivity contribution in [1.29, 1.82) is 0 Å². The molecule has 2 heterocycles. The summed E-state index contributed by atoms with van der Waals surface area (Å²) in [5, 5.41) is 3.87. The van der Waals surface area contributed by atoms with Gasteiger partial charge in [-0.05, 0) is 30.4 Å². The van der Waals surface area contributed by atoms with Crippen LogP contribution in [-0.2, 0) is 0 Å². The summed E-state index contributed by atoms with van der Waals surface area (Å²) in [6.07, 6.45) is 3.31. The fourth-order valence-corrected chi connectivity index (χ4v) is 3.50. The molecule has 1 aliphatic rings. The Hall–Kier alpha value is -2.40. The highest BCUT2D eigenvalue weighted by Crippen LogP contribution is 2.19. The molecule has 1 fully saturated rings. The van der Waals surface area contributed by atoms with E-state index in [4.69, 9.17) is 4.52 Å². The Morgan fingerprint density at radius 1 is 1.19 bits per heavy atom. The van der Waals surface area contributed by atoms with Gasteiger partial charge in [-0.15, -0.1) is 0 Å². The Balaban J connectivity index is 1.65. The zero-order chi connectivity index (χ0) is 19.2. The second kappa shape index (κ2) is 9.00. The molecule has 0 atom stereocenters. The van der Waals surface area contributed by atoms with Crippen LogP contribution >= 0.6 is 0 Å². The molecule has 0 bridgehead atoms. The first kappa shape index (κ1) is 19.4. The summed E-state index contributed by atoms with van der Waals surface area (Å²) >= 11 is 0. The van der Waals surface area contributed by atoms with Gasteiger partial charge in [-0.25, -0.2) is 0 Å². The number of amides is 1. The van der Waals surface area contributed by atoms with Gasteiger partial charge in [0, 0.05) is 38.8 Å². The molecule has 2 aromatic rings. The summed E-state index contributed by atoms with van der Waals surface area (Å²) < 4.78 is 5.05. The number of aryl methyl sites for hydroxylation is 1. The SMILES string of the molecule is Cc1cc(C(=O)N2CCCN(CC(=CC(C)C)c3ccccc3)CC2)no1. The molecule has 27 heavy (non-hydrogen) atoms. The molecular formula is C22H29N3O2. The average Bonchev–Trinajstić information content (AvgIpc) is 2.96. The zero-order valence-electron chi connectivity index (χ0n) is 16.5. The van der Waals surface area contributed by atoms with E-state index in [1.807, 2.05) is 4.90 Å². The molecule has 144 valence electrons. The first-order valence-corrected chi connectivity index (χ1v) is 9.74. The van der Waals surface area contributed by atoms with Crippen molar-refractivity contribution < 1.29 is 9.32 Å². The molecule has 0 radical (unpaired) electrons. The van der Waals surface area contributed by atoms with Crippen molar-refractivity contribution in [1.82, 2.24) is 15.0 Å². The molecule has 1 saturated heterocycles. The lowest BCUT2D eigenvalue weighted by Crippen LogP contribution is -2.35. The minimum Gasteiger partial charge on any atom is -0.361 e. The van der Waals surface area contributed by atoms with Crippen molar-refractivity contribution >= 4 is 11.5 Å². The summed E-state index contributed by atoms with van der Waals surface area (Å²) in [4.78, 5) is 17.0. The third-order valence-corrected chi connectivity index (χ3v) is 4.80. The van der Waals surface area contributed by atoms with Gasteiger partial charge in [0.05, 0.1) is 0 Å². The van der Waals surface area contributed by atoms with Gasteiger partial charge in [-0.1, -0.05) is 55.4 Å². The second-order valence-electron chi connectivity index (χ2n) is 7.55. The molecule has 1 aliphatic heterocycles. The number of hydrogen-bond acceptors (Lipinski definition) is 4. The first-order valence-electron chi connectivity index (χ1n) is 9.74. The topological polar surface area (TPSA) is 49.6 Å². The number of allylic oxidation sites excluding steroid dienone is 1. The molecule has 3 rings (SSSR count). The summed E-state index contributed by atoms with van der Waals surface area (Å²) in [6, 6.07) is 12.3. The van der Waals surface area contributed by atoms with Crippen molar-refractivity contribution in [3.63, 3.8) is 0 Å². The lowest BCUT2D eigenvalue weighted by atomic mass is 10.0. The third kappa shape index (κ3) is 5.30. The van der Waals surface area contributed by atoms with Gasteiger partial charge in [0.1, 0.15) is 5.76 Å². The maximum absolute atomic E-state index is 12.6. The standard InChI is InChI=1S/C22H29N3O2/c1-17(2)14-20(19-8-5-4-6-9-19)16-24-10-7-11-25(13-12-24)22(26)21-15-18(3)27-23-21/h4-6,8-9,14-15,17H,7,10-13,16H2,1-3H3. The molecule has 0 aliphatic carbocycles. The summed E-state index contributed by atoms with van der Waals surface area (Å²) in [5.41, 5.74) is 3.05. The van der Waals surface area contributed by atoms with Gasteiger partial charge >= 0.3 is 0 Å². The van der Waals surface area contributed by atoms with E-state index in [0.717, 1.165) is 32.6 Å². The van der Waals surface area contributed by atoms with Crippen LogP contribution in [0.25, 0.3) is 5.57 Å².